The Kier molecular flexibility index (Phi) is 7.86. The number of thioether (sulfide) groups is 1. The Balaban J connectivity index is 2.72. The topological polar surface area (TPSA) is 20.2 Å². The molecule has 0 heterocycles. The molecule has 1 atom stereocenters. The molecule has 0 aliphatic rings. The van der Waals surface area contributed by atoms with E-state index in [1.807, 2.05) is 18.2 Å². The van der Waals surface area contributed by atoms with Crippen LogP contribution in [-0.2, 0) is 0 Å². The molecule has 0 amide bonds. The summed E-state index contributed by atoms with van der Waals surface area (Å²) in [6.07, 6.45) is 6.09. The van der Waals surface area contributed by atoms with Gasteiger partial charge in [0.2, 0.25) is 0 Å². The number of benzene rings is 1. The van der Waals surface area contributed by atoms with Crippen molar-refractivity contribution in [1.82, 2.24) is 0 Å². The molecular formula is C16H24OS. The predicted molar refractivity (Wildman–Crippen MR) is 82.7 cm³/mol. The van der Waals surface area contributed by atoms with Gasteiger partial charge < -0.3 is 5.11 Å². The fourth-order valence-electron chi connectivity index (χ4n) is 1.70. The Labute approximate surface area is 115 Å². The lowest BCUT2D eigenvalue weighted by Gasteiger charge is -2.14. The third kappa shape index (κ3) is 5.74. The summed E-state index contributed by atoms with van der Waals surface area (Å²) in [4.78, 5) is 1.11. The van der Waals surface area contributed by atoms with Crippen LogP contribution in [0.2, 0.25) is 0 Å². The molecule has 2 heteroatoms. The van der Waals surface area contributed by atoms with Crippen molar-refractivity contribution < 1.29 is 5.11 Å². The van der Waals surface area contributed by atoms with Crippen LogP contribution in [0.1, 0.15) is 45.1 Å². The fourth-order valence-corrected chi connectivity index (χ4v) is 2.90. The zero-order valence-corrected chi connectivity index (χ0v) is 12.2. The second kappa shape index (κ2) is 9.23. The van der Waals surface area contributed by atoms with Gasteiger partial charge in [-0.2, -0.15) is 0 Å². The van der Waals surface area contributed by atoms with Gasteiger partial charge in [0.05, 0.1) is 6.10 Å². The first kappa shape index (κ1) is 15.3. The number of unbranched alkanes of at least 4 members (excludes halogenated alkanes) is 1. The molecule has 0 saturated heterocycles. The van der Waals surface area contributed by atoms with Crippen molar-refractivity contribution in [3.63, 3.8) is 0 Å². The van der Waals surface area contributed by atoms with Gasteiger partial charge in [-0.3, -0.25) is 0 Å². The summed E-state index contributed by atoms with van der Waals surface area (Å²) in [6.45, 7) is 4.31. The Morgan fingerprint density at radius 1 is 1.22 bits per heavy atom. The third-order valence-corrected chi connectivity index (χ3v) is 3.98. The lowest BCUT2D eigenvalue weighted by Crippen LogP contribution is -2.07. The second-order valence-electron chi connectivity index (χ2n) is 4.46. The highest BCUT2D eigenvalue weighted by Gasteiger charge is 2.10. The summed E-state index contributed by atoms with van der Waals surface area (Å²) >= 11 is 1.80. The molecule has 0 radical (unpaired) electrons. The SMILES string of the molecule is CCCCS/C(=C\c1ccccc1)C(O)CCC. The molecule has 1 aromatic rings. The number of aliphatic hydroxyl groups excluding tert-OH is 1. The molecule has 0 saturated carbocycles. The first-order valence-corrected chi connectivity index (χ1v) is 7.84. The second-order valence-corrected chi connectivity index (χ2v) is 5.63. The molecule has 1 nitrogen and oxygen atoms in total. The van der Waals surface area contributed by atoms with Gasteiger partial charge in [0.25, 0.3) is 0 Å². The Morgan fingerprint density at radius 3 is 2.56 bits per heavy atom. The number of hydrogen-bond donors (Lipinski definition) is 1. The van der Waals surface area contributed by atoms with Crippen molar-refractivity contribution in [2.24, 2.45) is 0 Å². The summed E-state index contributed by atoms with van der Waals surface area (Å²) in [5, 5.41) is 10.2. The summed E-state index contributed by atoms with van der Waals surface area (Å²) < 4.78 is 0. The lowest BCUT2D eigenvalue weighted by atomic mass is 10.1. The molecule has 0 bridgehead atoms. The minimum absolute atomic E-state index is 0.308. The first-order valence-electron chi connectivity index (χ1n) is 6.85. The molecule has 0 fully saturated rings. The smallest absolute Gasteiger partial charge is 0.0848 e. The van der Waals surface area contributed by atoms with Gasteiger partial charge in [0, 0.05) is 4.91 Å². The van der Waals surface area contributed by atoms with Gasteiger partial charge in [0.15, 0.2) is 0 Å². The molecule has 100 valence electrons. The standard InChI is InChI=1S/C16H24OS/c1-3-5-12-18-16(15(17)9-4-2)13-14-10-7-6-8-11-14/h6-8,10-11,13,15,17H,3-5,9,12H2,1-2H3/b16-13-. The van der Waals surface area contributed by atoms with Crippen molar-refractivity contribution in [1.29, 1.82) is 0 Å². The summed E-state index contributed by atoms with van der Waals surface area (Å²) in [5.41, 5.74) is 1.17. The maximum atomic E-state index is 10.2. The molecule has 1 aromatic carbocycles. The van der Waals surface area contributed by atoms with Gasteiger partial charge >= 0.3 is 0 Å². The molecule has 1 N–H and O–H groups in total. The van der Waals surface area contributed by atoms with E-state index in [9.17, 15) is 5.11 Å². The normalized spacial score (nSPS) is 13.6. The first-order chi connectivity index (χ1) is 8.77. The zero-order valence-electron chi connectivity index (χ0n) is 11.4. The lowest BCUT2D eigenvalue weighted by molar-refractivity contribution is 0.209. The monoisotopic (exact) mass is 264 g/mol. The van der Waals surface area contributed by atoms with E-state index in [1.165, 1.54) is 18.4 Å². The van der Waals surface area contributed by atoms with Crippen LogP contribution in [0, 0.1) is 0 Å². The molecule has 18 heavy (non-hydrogen) atoms. The van der Waals surface area contributed by atoms with E-state index in [-0.39, 0.29) is 6.10 Å². The Hall–Kier alpha value is -0.730. The van der Waals surface area contributed by atoms with Crippen molar-refractivity contribution in [3.05, 3.63) is 40.8 Å². The fraction of sp³-hybridized carbons (Fsp3) is 0.500. The predicted octanol–water partition coefficient (Wildman–Crippen LogP) is 4.72. The quantitative estimate of drug-likeness (QED) is 0.685. The van der Waals surface area contributed by atoms with Crippen LogP contribution in [0.25, 0.3) is 6.08 Å². The zero-order chi connectivity index (χ0) is 13.2. The molecule has 1 rings (SSSR count). The Morgan fingerprint density at radius 2 is 1.94 bits per heavy atom. The van der Waals surface area contributed by atoms with E-state index in [2.05, 4.69) is 32.1 Å². The summed E-state index contributed by atoms with van der Waals surface area (Å²) in [6, 6.07) is 10.3. The maximum absolute atomic E-state index is 10.2. The number of hydrogen-bond acceptors (Lipinski definition) is 2. The summed E-state index contributed by atoms with van der Waals surface area (Å²) in [5.74, 6) is 1.09. The summed E-state index contributed by atoms with van der Waals surface area (Å²) in [7, 11) is 0. The van der Waals surface area contributed by atoms with E-state index in [0.717, 1.165) is 23.5 Å². The van der Waals surface area contributed by atoms with Crippen LogP contribution >= 0.6 is 11.8 Å². The van der Waals surface area contributed by atoms with E-state index in [1.54, 1.807) is 11.8 Å². The highest BCUT2D eigenvalue weighted by Crippen LogP contribution is 2.26. The molecule has 0 aromatic heterocycles. The van der Waals surface area contributed by atoms with Gasteiger partial charge in [-0.15, -0.1) is 11.8 Å². The van der Waals surface area contributed by atoms with Crippen molar-refractivity contribution >= 4 is 17.8 Å². The molecule has 0 aliphatic heterocycles. The van der Waals surface area contributed by atoms with Crippen LogP contribution < -0.4 is 0 Å². The molecule has 0 aliphatic carbocycles. The molecule has 0 spiro atoms. The van der Waals surface area contributed by atoms with E-state index in [0.29, 0.717) is 0 Å². The van der Waals surface area contributed by atoms with Gasteiger partial charge in [0.1, 0.15) is 0 Å². The average molecular weight is 264 g/mol. The van der Waals surface area contributed by atoms with Crippen LogP contribution in [0.4, 0.5) is 0 Å². The number of rotatable bonds is 8. The van der Waals surface area contributed by atoms with Crippen molar-refractivity contribution in [3.8, 4) is 0 Å². The Bertz CT molecular complexity index is 345. The van der Waals surface area contributed by atoms with Gasteiger partial charge in [-0.05, 0) is 30.2 Å². The van der Waals surface area contributed by atoms with E-state index in [4.69, 9.17) is 0 Å². The highest BCUT2D eigenvalue weighted by molar-refractivity contribution is 8.03. The van der Waals surface area contributed by atoms with Crippen LogP contribution in [-0.4, -0.2) is 17.0 Å². The van der Waals surface area contributed by atoms with Crippen LogP contribution in [0.15, 0.2) is 35.2 Å². The van der Waals surface area contributed by atoms with Crippen molar-refractivity contribution in [2.45, 2.75) is 45.6 Å². The minimum Gasteiger partial charge on any atom is -0.388 e. The van der Waals surface area contributed by atoms with Crippen LogP contribution in [0.3, 0.4) is 0 Å². The highest BCUT2D eigenvalue weighted by atomic mass is 32.2. The van der Waals surface area contributed by atoms with Crippen molar-refractivity contribution in [2.75, 3.05) is 5.75 Å². The van der Waals surface area contributed by atoms with E-state index >= 15 is 0 Å². The molecule has 1 unspecified atom stereocenters. The third-order valence-electron chi connectivity index (χ3n) is 2.77. The minimum atomic E-state index is -0.308. The van der Waals surface area contributed by atoms with Gasteiger partial charge in [-0.25, -0.2) is 0 Å². The van der Waals surface area contributed by atoms with E-state index < -0.39 is 0 Å². The average Bonchev–Trinajstić information content (AvgIpc) is 2.39. The number of aliphatic hydroxyl groups is 1. The molecular weight excluding hydrogens is 240 g/mol. The largest absolute Gasteiger partial charge is 0.388 e. The van der Waals surface area contributed by atoms with Crippen LogP contribution in [0.5, 0.6) is 0 Å². The maximum Gasteiger partial charge on any atom is 0.0848 e. The van der Waals surface area contributed by atoms with Gasteiger partial charge in [-0.1, -0.05) is 57.0 Å².